The summed E-state index contributed by atoms with van der Waals surface area (Å²) in [6.45, 7) is -0.100. The molecule has 0 radical (unpaired) electrons. The van der Waals surface area contributed by atoms with Gasteiger partial charge in [-0.05, 0) is 22.3 Å². The van der Waals surface area contributed by atoms with Crippen LogP contribution in [0.25, 0.3) is 11.1 Å². The molecule has 1 aliphatic carbocycles. The lowest BCUT2D eigenvalue weighted by Crippen LogP contribution is -2.43. The van der Waals surface area contributed by atoms with Crippen molar-refractivity contribution in [2.75, 3.05) is 25.0 Å². The van der Waals surface area contributed by atoms with Gasteiger partial charge in [0.1, 0.15) is 13.2 Å². The number of hydrogen-bond acceptors (Lipinski definition) is 6. The van der Waals surface area contributed by atoms with Gasteiger partial charge in [0.25, 0.3) is 0 Å². The maximum atomic E-state index is 12.5. The number of likely N-dealkylation sites (tertiary alicyclic amines) is 1. The summed E-state index contributed by atoms with van der Waals surface area (Å²) in [6.07, 6.45) is 2.22. The van der Waals surface area contributed by atoms with Gasteiger partial charge < -0.3 is 19.8 Å². The average molecular weight is 476 g/mol. The molecule has 0 bridgehead atoms. The van der Waals surface area contributed by atoms with E-state index in [4.69, 9.17) is 9.84 Å². The van der Waals surface area contributed by atoms with Crippen LogP contribution < -0.4 is 5.32 Å². The van der Waals surface area contributed by atoms with E-state index < -0.39 is 17.7 Å². The fourth-order valence-corrected chi connectivity index (χ4v) is 4.69. The number of anilines is 1. The molecule has 1 atom stereocenters. The minimum atomic E-state index is -1.92. The number of carboxylic acids is 1. The molecule has 5 rings (SSSR count). The van der Waals surface area contributed by atoms with Gasteiger partial charge in [0.2, 0.25) is 5.91 Å². The number of nitrogens with zero attached hydrogens (tertiary/aromatic N) is 3. The van der Waals surface area contributed by atoms with Crippen molar-refractivity contribution in [2.24, 2.45) is 0 Å². The monoisotopic (exact) mass is 476 g/mol. The van der Waals surface area contributed by atoms with Gasteiger partial charge in [-0.3, -0.25) is 14.8 Å². The molecule has 1 fully saturated rings. The number of carboxylic acid groups (broad SMARTS) is 1. The average Bonchev–Trinajstić information content (AvgIpc) is 3.54. The molecule has 2 aromatic carbocycles. The van der Waals surface area contributed by atoms with Crippen LogP contribution in [0.1, 0.15) is 23.5 Å². The third-order valence-corrected chi connectivity index (χ3v) is 6.52. The van der Waals surface area contributed by atoms with E-state index in [0.717, 1.165) is 22.3 Å². The number of carbonyl (C=O) groups excluding carboxylic acids is 2. The van der Waals surface area contributed by atoms with Gasteiger partial charge in [-0.2, -0.15) is 5.10 Å². The maximum absolute atomic E-state index is 12.5. The molecule has 3 aromatic rings. The van der Waals surface area contributed by atoms with Crippen LogP contribution in [0.5, 0.6) is 0 Å². The third-order valence-electron chi connectivity index (χ3n) is 6.52. The number of amides is 2. The molecular weight excluding hydrogens is 452 g/mol. The second-order valence-corrected chi connectivity index (χ2v) is 8.78. The summed E-state index contributed by atoms with van der Waals surface area (Å²) in [4.78, 5) is 37.3. The van der Waals surface area contributed by atoms with E-state index in [1.165, 1.54) is 22.0 Å². The van der Waals surface area contributed by atoms with Crippen LogP contribution in [0, 0.1) is 0 Å². The highest BCUT2D eigenvalue weighted by Gasteiger charge is 2.44. The topological polar surface area (TPSA) is 134 Å². The zero-order valence-electron chi connectivity index (χ0n) is 18.8. The van der Waals surface area contributed by atoms with E-state index in [1.807, 2.05) is 36.4 Å². The van der Waals surface area contributed by atoms with Crippen molar-refractivity contribution in [1.82, 2.24) is 14.7 Å². The van der Waals surface area contributed by atoms with E-state index in [1.54, 1.807) is 0 Å². The summed E-state index contributed by atoms with van der Waals surface area (Å²) < 4.78 is 6.85. The van der Waals surface area contributed by atoms with Crippen LogP contribution in [0.3, 0.4) is 0 Å². The Balaban J connectivity index is 1.16. The zero-order valence-corrected chi connectivity index (χ0v) is 18.8. The molecule has 2 aliphatic rings. The first-order chi connectivity index (χ1) is 16.8. The van der Waals surface area contributed by atoms with Gasteiger partial charge in [0.15, 0.2) is 5.60 Å². The number of benzene rings is 2. The number of fused-ring (bicyclic) bond motifs is 3. The number of carbonyl (C=O) groups is 3. The van der Waals surface area contributed by atoms with Crippen LogP contribution in [0.15, 0.2) is 60.9 Å². The van der Waals surface area contributed by atoms with Crippen LogP contribution in [-0.4, -0.2) is 68.2 Å². The Labute approximate surface area is 200 Å². The lowest BCUT2D eigenvalue weighted by Gasteiger charge is -2.19. The Bertz CT molecular complexity index is 1260. The van der Waals surface area contributed by atoms with Gasteiger partial charge in [0.05, 0.1) is 18.4 Å². The van der Waals surface area contributed by atoms with Crippen LogP contribution >= 0.6 is 0 Å². The highest BCUT2D eigenvalue weighted by molar-refractivity contribution is 5.85. The molecule has 3 N–H and O–H groups in total. The normalized spacial score (nSPS) is 18.7. The Hall–Kier alpha value is -4.18. The first-order valence-corrected chi connectivity index (χ1v) is 11.2. The highest BCUT2D eigenvalue weighted by Crippen LogP contribution is 2.44. The smallest absolute Gasteiger partial charge is 0.411 e. The summed E-state index contributed by atoms with van der Waals surface area (Å²) in [5.41, 5.74) is 2.95. The van der Waals surface area contributed by atoms with Crippen molar-refractivity contribution in [2.45, 2.75) is 24.5 Å². The minimum Gasteiger partial charge on any atom is -0.479 e. The Morgan fingerprint density at radius 2 is 1.74 bits per heavy atom. The molecule has 2 heterocycles. The number of rotatable bonds is 6. The summed E-state index contributed by atoms with van der Waals surface area (Å²) in [5, 5.41) is 25.8. The SMILES string of the molecule is O=C(Nc1cnn(CC(=O)N2CCC(O)(C(=O)O)C2)c1)OCC1c2ccccc2-c2ccccc21. The van der Waals surface area contributed by atoms with E-state index in [2.05, 4.69) is 22.5 Å². The van der Waals surface area contributed by atoms with Gasteiger partial charge >= 0.3 is 12.1 Å². The zero-order chi connectivity index (χ0) is 24.6. The van der Waals surface area contributed by atoms with Crippen LogP contribution in [-0.2, 0) is 20.9 Å². The van der Waals surface area contributed by atoms with Crippen molar-refractivity contribution < 1.29 is 29.3 Å². The fourth-order valence-electron chi connectivity index (χ4n) is 4.69. The second kappa shape index (κ2) is 8.88. The summed E-state index contributed by atoms with van der Waals surface area (Å²) >= 11 is 0. The highest BCUT2D eigenvalue weighted by atomic mass is 16.5. The summed E-state index contributed by atoms with van der Waals surface area (Å²) in [5.74, 6) is -1.78. The maximum Gasteiger partial charge on any atom is 0.411 e. The molecule has 10 heteroatoms. The first kappa shape index (κ1) is 22.6. The minimum absolute atomic E-state index is 0.0260. The molecule has 35 heavy (non-hydrogen) atoms. The third kappa shape index (κ3) is 4.35. The standard InChI is InChI=1S/C25H24N4O6/c30-22(28-10-9-25(34,15-28)23(31)32)13-29-12-16(11-26-29)27-24(33)35-14-21-19-7-3-1-5-17(19)18-6-2-4-8-20(18)21/h1-8,11-12,21,34H,9-10,13-15H2,(H,27,33)(H,31,32). The number of aromatic nitrogens is 2. The lowest BCUT2D eigenvalue weighted by molar-refractivity contribution is -0.157. The van der Waals surface area contributed by atoms with Crippen LogP contribution in [0.2, 0.25) is 0 Å². The fraction of sp³-hybridized carbons (Fsp3) is 0.280. The molecule has 1 aromatic heterocycles. The number of β-amino-alcohol motifs (C(OH)–C–C–N with tert-alkyl or cyclic N) is 1. The Morgan fingerprint density at radius 1 is 1.09 bits per heavy atom. The molecule has 1 unspecified atom stereocenters. The molecule has 2 amide bonds. The van der Waals surface area contributed by atoms with Crippen molar-refractivity contribution in [3.8, 4) is 11.1 Å². The van der Waals surface area contributed by atoms with E-state index in [9.17, 15) is 19.5 Å². The number of aliphatic carboxylic acids is 1. The van der Waals surface area contributed by atoms with Crippen molar-refractivity contribution in [1.29, 1.82) is 0 Å². The Morgan fingerprint density at radius 3 is 2.37 bits per heavy atom. The molecule has 0 spiro atoms. The van der Waals surface area contributed by atoms with Crippen molar-refractivity contribution in [3.05, 3.63) is 72.1 Å². The molecule has 10 nitrogen and oxygen atoms in total. The molecule has 1 aliphatic heterocycles. The largest absolute Gasteiger partial charge is 0.479 e. The number of ether oxygens (including phenoxy) is 1. The van der Waals surface area contributed by atoms with Gasteiger partial charge in [-0.1, -0.05) is 48.5 Å². The lowest BCUT2D eigenvalue weighted by atomic mass is 9.98. The predicted molar refractivity (Wildman–Crippen MR) is 125 cm³/mol. The van der Waals surface area contributed by atoms with Gasteiger partial charge in [-0.25, -0.2) is 9.59 Å². The predicted octanol–water partition coefficient (Wildman–Crippen LogP) is 2.29. The molecule has 180 valence electrons. The number of nitrogens with one attached hydrogen (secondary N) is 1. The van der Waals surface area contributed by atoms with Crippen LogP contribution in [0.4, 0.5) is 10.5 Å². The van der Waals surface area contributed by atoms with E-state index in [-0.39, 0.29) is 44.5 Å². The van der Waals surface area contributed by atoms with Crippen molar-refractivity contribution >= 4 is 23.7 Å². The van der Waals surface area contributed by atoms with Gasteiger partial charge in [0, 0.05) is 25.1 Å². The number of hydrogen-bond donors (Lipinski definition) is 3. The quantitative estimate of drug-likeness (QED) is 0.497. The molecular formula is C25H24N4O6. The van der Waals surface area contributed by atoms with Crippen molar-refractivity contribution in [3.63, 3.8) is 0 Å². The Kier molecular flexibility index (Phi) is 5.73. The molecule has 0 saturated carbocycles. The van der Waals surface area contributed by atoms with Gasteiger partial charge in [-0.15, -0.1) is 0 Å². The first-order valence-electron chi connectivity index (χ1n) is 11.2. The molecule has 1 saturated heterocycles. The van der Waals surface area contributed by atoms with E-state index in [0.29, 0.717) is 5.69 Å². The van der Waals surface area contributed by atoms with E-state index >= 15 is 0 Å². The second-order valence-electron chi connectivity index (χ2n) is 8.78. The summed E-state index contributed by atoms with van der Waals surface area (Å²) in [7, 11) is 0. The number of aliphatic hydroxyl groups is 1. The summed E-state index contributed by atoms with van der Waals surface area (Å²) in [6, 6.07) is 16.1.